The van der Waals surface area contributed by atoms with Gasteiger partial charge in [0.1, 0.15) is 0 Å². The minimum absolute atomic E-state index is 0.275. The van der Waals surface area contributed by atoms with E-state index in [9.17, 15) is 4.79 Å². The number of likely N-dealkylation sites (N-methyl/N-ethyl adjacent to an activating group) is 1. The SMILES string of the molecule is COC(=O)c1ccc(CCN(C)C2(C)CC2C)cc1. The van der Waals surface area contributed by atoms with Gasteiger partial charge in [-0.1, -0.05) is 19.1 Å². The van der Waals surface area contributed by atoms with E-state index in [1.54, 1.807) is 0 Å². The zero-order valence-corrected chi connectivity index (χ0v) is 12.3. The van der Waals surface area contributed by atoms with Gasteiger partial charge in [-0.3, -0.25) is 0 Å². The average molecular weight is 261 g/mol. The van der Waals surface area contributed by atoms with Gasteiger partial charge in [-0.2, -0.15) is 0 Å². The Balaban J connectivity index is 1.88. The van der Waals surface area contributed by atoms with Crippen LogP contribution in [0.2, 0.25) is 0 Å². The van der Waals surface area contributed by atoms with Crippen LogP contribution >= 0.6 is 0 Å². The van der Waals surface area contributed by atoms with Gasteiger partial charge in [-0.05, 0) is 50.4 Å². The van der Waals surface area contributed by atoms with E-state index < -0.39 is 0 Å². The van der Waals surface area contributed by atoms with Crippen LogP contribution in [0.25, 0.3) is 0 Å². The van der Waals surface area contributed by atoms with Crippen LogP contribution in [0, 0.1) is 5.92 Å². The largest absolute Gasteiger partial charge is 0.465 e. The first-order chi connectivity index (χ1) is 8.97. The monoisotopic (exact) mass is 261 g/mol. The summed E-state index contributed by atoms with van der Waals surface area (Å²) < 4.78 is 4.69. The van der Waals surface area contributed by atoms with Crippen molar-refractivity contribution in [3.05, 3.63) is 35.4 Å². The summed E-state index contributed by atoms with van der Waals surface area (Å²) in [6, 6.07) is 7.70. The number of benzene rings is 1. The van der Waals surface area contributed by atoms with Crippen LogP contribution in [-0.2, 0) is 11.2 Å². The highest BCUT2D eigenvalue weighted by molar-refractivity contribution is 5.89. The van der Waals surface area contributed by atoms with E-state index >= 15 is 0 Å². The van der Waals surface area contributed by atoms with Crippen molar-refractivity contribution in [1.29, 1.82) is 0 Å². The topological polar surface area (TPSA) is 29.5 Å². The maximum atomic E-state index is 11.3. The molecule has 19 heavy (non-hydrogen) atoms. The Labute approximate surface area is 115 Å². The first kappa shape index (κ1) is 14.1. The van der Waals surface area contributed by atoms with E-state index in [2.05, 4.69) is 25.8 Å². The number of esters is 1. The van der Waals surface area contributed by atoms with Gasteiger partial charge in [0.2, 0.25) is 0 Å². The fourth-order valence-corrected chi connectivity index (χ4v) is 2.57. The van der Waals surface area contributed by atoms with E-state index in [1.807, 2.05) is 24.3 Å². The van der Waals surface area contributed by atoms with Crippen LogP contribution in [0.1, 0.15) is 36.2 Å². The Bertz CT molecular complexity index is 454. The first-order valence-corrected chi connectivity index (χ1v) is 6.86. The number of nitrogens with zero attached hydrogens (tertiary/aromatic N) is 1. The Hall–Kier alpha value is -1.35. The molecule has 3 heteroatoms. The summed E-state index contributed by atoms with van der Waals surface area (Å²) in [7, 11) is 3.61. The molecule has 0 aliphatic heterocycles. The van der Waals surface area contributed by atoms with Crippen molar-refractivity contribution >= 4 is 5.97 Å². The second-order valence-electron chi connectivity index (χ2n) is 5.82. The molecule has 104 valence electrons. The highest BCUT2D eigenvalue weighted by Crippen LogP contribution is 2.46. The molecule has 3 nitrogen and oxygen atoms in total. The van der Waals surface area contributed by atoms with Crippen molar-refractivity contribution in [2.75, 3.05) is 20.7 Å². The number of hydrogen-bond acceptors (Lipinski definition) is 3. The molecule has 0 aromatic heterocycles. The summed E-state index contributed by atoms with van der Waals surface area (Å²) in [5, 5.41) is 0. The zero-order valence-electron chi connectivity index (χ0n) is 12.3. The van der Waals surface area contributed by atoms with Gasteiger partial charge < -0.3 is 9.64 Å². The molecule has 0 radical (unpaired) electrons. The molecule has 2 rings (SSSR count). The van der Waals surface area contributed by atoms with Crippen molar-refractivity contribution in [1.82, 2.24) is 4.90 Å². The molecule has 1 aromatic rings. The summed E-state index contributed by atoms with van der Waals surface area (Å²) in [5.41, 5.74) is 2.27. The Morgan fingerprint density at radius 1 is 1.42 bits per heavy atom. The third-order valence-corrected chi connectivity index (χ3v) is 4.60. The Morgan fingerprint density at radius 3 is 2.47 bits per heavy atom. The predicted octanol–water partition coefficient (Wildman–Crippen LogP) is 2.75. The Morgan fingerprint density at radius 2 is 2.00 bits per heavy atom. The summed E-state index contributed by atoms with van der Waals surface area (Å²) in [5.74, 6) is 0.530. The third-order valence-electron chi connectivity index (χ3n) is 4.60. The number of rotatable bonds is 5. The smallest absolute Gasteiger partial charge is 0.337 e. The highest BCUT2D eigenvalue weighted by atomic mass is 16.5. The van der Waals surface area contributed by atoms with Crippen LogP contribution in [0.4, 0.5) is 0 Å². The molecule has 1 aliphatic carbocycles. The number of methoxy groups -OCH3 is 1. The lowest BCUT2D eigenvalue weighted by Gasteiger charge is -2.25. The average Bonchev–Trinajstić information content (AvgIpc) is 3.05. The van der Waals surface area contributed by atoms with Gasteiger partial charge in [0.25, 0.3) is 0 Å². The first-order valence-electron chi connectivity index (χ1n) is 6.86. The minimum atomic E-state index is -0.275. The lowest BCUT2D eigenvalue weighted by Crippen LogP contribution is -2.34. The second kappa shape index (κ2) is 5.33. The van der Waals surface area contributed by atoms with Crippen molar-refractivity contribution in [3.63, 3.8) is 0 Å². The van der Waals surface area contributed by atoms with Gasteiger partial charge in [0.15, 0.2) is 0 Å². The van der Waals surface area contributed by atoms with E-state index in [0.717, 1.165) is 18.9 Å². The lowest BCUT2D eigenvalue weighted by molar-refractivity contribution is 0.0600. The third kappa shape index (κ3) is 2.98. The van der Waals surface area contributed by atoms with Crippen LogP contribution in [0.3, 0.4) is 0 Å². The molecule has 2 atom stereocenters. The molecule has 1 fully saturated rings. The molecule has 0 amide bonds. The lowest BCUT2D eigenvalue weighted by atomic mass is 10.1. The molecular formula is C16H23NO2. The predicted molar refractivity (Wildman–Crippen MR) is 76.3 cm³/mol. The van der Waals surface area contributed by atoms with E-state index in [-0.39, 0.29) is 5.97 Å². The quantitative estimate of drug-likeness (QED) is 0.763. The molecule has 1 aromatic carbocycles. The van der Waals surface area contributed by atoms with Crippen LogP contribution in [-0.4, -0.2) is 37.1 Å². The zero-order chi connectivity index (χ0) is 14.0. The van der Waals surface area contributed by atoms with Gasteiger partial charge in [-0.15, -0.1) is 0 Å². The van der Waals surface area contributed by atoms with Gasteiger partial charge >= 0.3 is 5.97 Å². The van der Waals surface area contributed by atoms with Crippen LogP contribution < -0.4 is 0 Å². The molecule has 0 N–H and O–H groups in total. The maximum absolute atomic E-state index is 11.3. The number of carbonyl (C=O) groups is 1. The van der Waals surface area contributed by atoms with Crippen molar-refractivity contribution < 1.29 is 9.53 Å². The Kier molecular flexibility index (Phi) is 3.95. The number of carbonyl (C=O) groups excluding carboxylic acids is 1. The molecule has 1 aliphatic rings. The van der Waals surface area contributed by atoms with Gasteiger partial charge in [0.05, 0.1) is 12.7 Å². The van der Waals surface area contributed by atoms with Crippen molar-refractivity contribution in [2.45, 2.75) is 32.2 Å². The molecular weight excluding hydrogens is 238 g/mol. The number of hydrogen-bond donors (Lipinski definition) is 0. The summed E-state index contributed by atoms with van der Waals surface area (Å²) in [6.07, 6.45) is 2.31. The normalized spacial score (nSPS) is 25.4. The van der Waals surface area contributed by atoms with E-state index in [4.69, 9.17) is 4.74 Å². The molecule has 0 heterocycles. The standard InChI is InChI=1S/C16H23NO2/c1-12-11-16(12,2)17(3)10-9-13-5-7-14(8-6-13)15(18)19-4/h5-8,12H,9-11H2,1-4H3. The fourth-order valence-electron chi connectivity index (χ4n) is 2.57. The van der Waals surface area contributed by atoms with Gasteiger partial charge in [0, 0.05) is 12.1 Å². The summed E-state index contributed by atoms with van der Waals surface area (Å²) in [4.78, 5) is 13.8. The molecule has 2 unspecified atom stereocenters. The fraction of sp³-hybridized carbons (Fsp3) is 0.562. The van der Waals surface area contributed by atoms with Gasteiger partial charge in [-0.25, -0.2) is 4.79 Å². The van der Waals surface area contributed by atoms with Crippen molar-refractivity contribution in [3.8, 4) is 0 Å². The number of ether oxygens (including phenoxy) is 1. The molecule has 0 bridgehead atoms. The second-order valence-corrected chi connectivity index (χ2v) is 5.82. The summed E-state index contributed by atoms with van der Waals surface area (Å²) in [6.45, 7) is 5.69. The minimum Gasteiger partial charge on any atom is -0.465 e. The molecule has 1 saturated carbocycles. The maximum Gasteiger partial charge on any atom is 0.337 e. The molecule has 0 spiro atoms. The molecule has 0 saturated heterocycles. The van der Waals surface area contributed by atoms with Crippen LogP contribution in [0.5, 0.6) is 0 Å². The summed E-state index contributed by atoms with van der Waals surface area (Å²) >= 11 is 0. The van der Waals surface area contributed by atoms with Crippen LogP contribution in [0.15, 0.2) is 24.3 Å². The van der Waals surface area contributed by atoms with Crippen molar-refractivity contribution in [2.24, 2.45) is 5.92 Å². The van der Waals surface area contributed by atoms with E-state index in [1.165, 1.54) is 19.1 Å². The highest BCUT2D eigenvalue weighted by Gasteiger charge is 2.49. The van der Waals surface area contributed by atoms with E-state index in [0.29, 0.717) is 11.1 Å².